The third-order valence-corrected chi connectivity index (χ3v) is 0.820. The van der Waals surface area contributed by atoms with Crippen molar-refractivity contribution in [3.05, 3.63) is 0 Å². The number of carboxylic acids is 1. The maximum atomic E-state index is 10.2. The molecule has 74 valence electrons. The molecule has 0 rings (SSSR count). The van der Waals surface area contributed by atoms with E-state index in [0.717, 1.165) is 0 Å². The average molecular weight is 206 g/mol. The number of primary amides is 2. The summed E-state index contributed by atoms with van der Waals surface area (Å²) in [5.74, 6) is -1.47. The largest absolute Gasteiger partial charge is 0.478 e. The fourth-order valence-corrected chi connectivity index (χ4v) is 0.444. The summed E-state index contributed by atoms with van der Waals surface area (Å²) >= 11 is 0. The second-order valence-corrected chi connectivity index (χ2v) is 1.79. The zero-order chi connectivity index (χ0) is 9.72. The van der Waals surface area contributed by atoms with Gasteiger partial charge in [-0.1, -0.05) is 0 Å². The van der Waals surface area contributed by atoms with Gasteiger partial charge in [-0.05, 0) is 0 Å². The molecule has 9 heteroatoms. The quantitative estimate of drug-likeness (QED) is 0.241. The number of carbonyl (C=O) groups excluding carboxylic acids is 2. The third-order valence-electron chi connectivity index (χ3n) is 0.820. The zero-order valence-corrected chi connectivity index (χ0v) is 5.90. The van der Waals surface area contributed by atoms with E-state index >= 15 is 0 Å². The van der Waals surface area contributed by atoms with E-state index in [4.69, 9.17) is 5.11 Å². The van der Waals surface area contributed by atoms with Crippen LogP contribution in [0.2, 0.25) is 0 Å². The monoisotopic (exact) mass is 206 g/mol. The summed E-state index contributed by atoms with van der Waals surface area (Å²) in [4.78, 5) is 30.5. The van der Waals surface area contributed by atoms with Crippen LogP contribution in [0.1, 0.15) is 0 Å². The number of urea groups is 2. The molecule has 0 atom stereocenters. The van der Waals surface area contributed by atoms with E-state index in [1.54, 1.807) is 10.6 Å². The molecule has 4 amide bonds. The molecule has 0 aliphatic rings. The first-order chi connectivity index (χ1) is 5.43. The van der Waals surface area contributed by atoms with E-state index in [0.29, 0.717) is 0 Å². The minimum absolute atomic E-state index is 0. The van der Waals surface area contributed by atoms with Gasteiger partial charge in [0.1, 0.15) is 0 Å². The lowest BCUT2D eigenvalue weighted by Crippen LogP contribution is -2.55. The van der Waals surface area contributed by atoms with Gasteiger partial charge in [0.05, 0.1) is 0 Å². The van der Waals surface area contributed by atoms with E-state index in [2.05, 4.69) is 11.5 Å². The van der Waals surface area contributed by atoms with Crippen molar-refractivity contribution < 1.29 is 19.5 Å². The molecule has 0 aromatic heterocycles. The van der Waals surface area contributed by atoms with Crippen LogP contribution in [0.5, 0.6) is 0 Å². The molecule has 7 N–H and O–H groups in total. The number of nitrogens with two attached hydrogens (primary N) is 2. The van der Waals surface area contributed by atoms with Gasteiger partial charge in [0, 0.05) is 0 Å². The highest BCUT2D eigenvalue weighted by Crippen LogP contribution is 1.76. The molecule has 13 heavy (non-hydrogen) atoms. The maximum Gasteiger partial charge on any atom is 0.347 e. The van der Waals surface area contributed by atoms with Crippen molar-refractivity contribution in [3.63, 3.8) is 0 Å². The number of carboxylic acid groups (broad SMARTS) is 1. The summed E-state index contributed by atoms with van der Waals surface area (Å²) in [6, 6.07) is -2.15. The Kier molecular flexibility index (Phi) is 6.61. The zero-order valence-electron chi connectivity index (χ0n) is 5.90. The third kappa shape index (κ3) is 6.92. The predicted octanol–water partition coefficient (Wildman–Crippen LogP) is -3.45. The number of hydrogen-bond donors (Lipinski definition) is 5. The van der Waals surface area contributed by atoms with Gasteiger partial charge in [-0.2, -0.15) is 0 Å². The fraction of sp³-hybridized carbons (Fsp3) is 0.250. The van der Waals surface area contributed by atoms with E-state index < -0.39 is 24.2 Å². The molecule has 0 unspecified atom stereocenters. The molecule has 0 saturated heterocycles. The predicted molar refractivity (Wildman–Crippen MR) is 46.8 cm³/mol. The van der Waals surface area contributed by atoms with Gasteiger partial charge in [-0.3, -0.25) is 0 Å². The van der Waals surface area contributed by atoms with Gasteiger partial charge in [0.2, 0.25) is 6.17 Å². The SMILES string of the molecule is NC(=O)NC(NC(N)=O)C(=O)O.[AlH3]. The van der Waals surface area contributed by atoms with Crippen molar-refractivity contribution in [2.24, 2.45) is 11.5 Å². The molecule has 8 nitrogen and oxygen atoms in total. The summed E-state index contributed by atoms with van der Waals surface area (Å²) < 4.78 is 0. The molecule has 0 spiro atoms. The highest BCUT2D eigenvalue weighted by atomic mass is 27.0. The van der Waals surface area contributed by atoms with Gasteiger partial charge in [-0.25, -0.2) is 14.4 Å². The van der Waals surface area contributed by atoms with Gasteiger partial charge >= 0.3 is 18.0 Å². The van der Waals surface area contributed by atoms with Crippen LogP contribution >= 0.6 is 0 Å². The Morgan fingerprint density at radius 3 is 1.54 bits per heavy atom. The van der Waals surface area contributed by atoms with Crippen molar-refractivity contribution in [1.82, 2.24) is 10.6 Å². The summed E-state index contributed by atoms with van der Waals surface area (Å²) in [6.07, 6.45) is -1.60. The van der Waals surface area contributed by atoms with Crippen LogP contribution < -0.4 is 22.1 Å². The van der Waals surface area contributed by atoms with Crippen LogP contribution in [-0.2, 0) is 4.79 Å². The number of rotatable bonds is 3. The molecule has 0 saturated carbocycles. The maximum absolute atomic E-state index is 10.2. The Hall–Kier alpha value is -1.46. The topological polar surface area (TPSA) is 148 Å². The molecule has 0 aromatic rings. The van der Waals surface area contributed by atoms with Crippen molar-refractivity contribution in [3.8, 4) is 0 Å². The van der Waals surface area contributed by atoms with E-state index in [1.165, 1.54) is 0 Å². The normalized spacial score (nSPS) is 8.38. The van der Waals surface area contributed by atoms with Crippen LogP contribution in [0.3, 0.4) is 0 Å². The van der Waals surface area contributed by atoms with Crippen molar-refractivity contribution in [1.29, 1.82) is 0 Å². The van der Waals surface area contributed by atoms with Crippen LogP contribution in [-0.4, -0.2) is 46.7 Å². The average Bonchev–Trinajstić information content (AvgIpc) is 1.83. The van der Waals surface area contributed by atoms with Gasteiger partial charge < -0.3 is 27.2 Å². The molecular weight excluding hydrogens is 195 g/mol. The van der Waals surface area contributed by atoms with Crippen molar-refractivity contribution in [2.75, 3.05) is 0 Å². The van der Waals surface area contributed by atoms with E-state index in [1.807, 2.05) is 0 Å². The molecule has 0 aliphatic carbocycles. The lowest BCUT2D eigenvalue weighted by Gasteiger charge is -2.12. The smallest absolute Gasteiger partial charge is 0.347 e. The number of hydrogen-bond acceptors (Lipinski definition) is 3. The summed E-state index contributed by atoms with van der Waals surface area (Å²) in [7, 11) is 0. The van der Waals surface area contributed by atoms with Gasteiger partial charge in [-0.15, -0.1) is 0 Å². The molecular formula is C4H11AlN4O4. The lowest BCUT2D eigenvalue weighted by molar-refractivity contribution is -0.139. The van der Waals surface area contributed by atoms with E-state index in [9.17, 15) is 14.4 Å². The first-order valence-corrected chi connectivity index (χ1v) is 2.78. The number of amides is 4. The minimum atomic E-state index is -1.60. The van der Waals surface area contributed by atoms with Crippen LogP contribution in [0.25, 0.3) is 0 Å². The minimum Gasteiger partial charge on any atom is -0.478 e. The highest BCUT2D eigenvalue weighted by molar-refractivity contribution is 5.85. The second kappa shape index (κ2) is 6.10. The number of nitrogens with one attached hydrogen (secondary N) is 2. The standard InChI is InChI=1S/C4H8N4O4.Al.3H/c5-3(11)7-1(2(9)10)8-4(6)12;;;;/h1H,(H,9,10)(H3,5,7,11)(H3,6,8,12);;;;. The molecule has 0 aromatic carbocycles. The van der Waals surface area contributed by atoms with Gasteiger partial charge in [0.15, 0.2) is 17.4 Å². The number of aliphatic carboxylic acids is 1. The van der Waals surface area contributed by atoms with Crippen molar-refractivity contribution >= 4 is 35.4 Å². The molecule has 0 radical (unpaired) electrons. The summed E-state index contributed by atoms with van der Waals surface area (Å²) in [5, 5.41) is 11.8. The first kappa shape index (κ1) is 14.1. The Morgan fingerprint density at radius 1 is 1.08 bits per heavy atom. The lowest BCUT2D eigenvalue weighted by atomic mass is 10.5. The van der Waals surface area contributed by atoms with Crippen LogP contribution in [0.15, 0.2) is 0 Å². The fourth-order valence-electron chi connectivity index (χ4n) is 0.444. The Balaban J connectivity index is 0. The Morgan fingerprint density at radius 2 is 1.38 bits per heavy atom. The van der Waals surface area contributed by atoms with Crippen molar-refractivity contribution in [2.45, 2.75) is 6.17 Å². The Bertz CT molecular complexity index is 204. The van der Waals surface area contributed by atoms with E-state index in [-0.39, 0.29) is 17.4 Å². The molecule has 0 aliphatic heterocycles. The molecule has 0 bridgehead atoms. The number of carbonyl (C=O) groups is 3. The molecule has 0 heterocycles. The van der Waals surface area contributed by atoms with Crippen LogP contribution in [0.4, 0.5) is 9.59 Å². The summed E-state index contributed by atoms with van der Waals surface area (Å²) in [5.41, 5.74) is 9.20. The second-order valence-electron chi connectivity index (χ2n) is 1.79. The summed E-state index contributed by atoms with van der Waals surface area (Å²) in [6.45, 7) is 0. The molecule has 0 fully saturated rings. The highest BCUT2D eigenvalue weighted by Gasteiger charge is 2.19. The first-order valence-electron chi connectivity index (χ1n) is 2.78. The Labute approximate surface area is 83.8 Å². The van der Waals surface area contributed by atoms with Crippen LogP contribution in [0, 0.1) is 0 Å². The van der Waals surface area contributed by atoms with Gasteiger partial charge in [0.25, 0.3) is 0 Å².